The van der Waals surface area contributed by atoms with Gasteiger partial charge in [0.1, 0.15) is 16.5 Å². The summed E-state index contributed by atoms with van der Waals surface area (Å²) in [6.45, 7) is 0. The number of nitrogens with one attached hydrogen (secondary N) is 1. The molecule has 0 aromatic heterocycles. The van der Waals surface area contributed by atoms with Crippen LogP contribution in [0.25, 0.3) is 0 Å². The van der Waals surface area contributed by atoms with Gasteiger partial charge in [-0.15, -0.1) is 0 Å². The molecule has 0 atom stereocenters. The third-order valence-electron chi connectivity index (χ3n) is 2.49. The summed E-state index contributed by atoms with van der Waals surface area (Å²) in [5.41, 5.74) is 6.29. The highest BCUT2D eigenvalue weighted by Gasteiger charge is 2.09. The van der Waals surface area contributed by atoms with Gasteiger partial charge in [-0.2, -0.15) is 0 Å². The Bertz CT molecular complexity index is 634. The fourth-order valence-electron chi connectivity index (χ4n) is 1.56. The molecule has 0 heterocycles. The molecule has 20 heavy (non-hydrogen) atoms. The molecule has 0 aliphatic rings. The minimum Gasteiger partial charge on any atom is -0.455 e. The van der Waals surface area contributed by atoms with Gasteiger partial charge >= 0.3 is 0 Å². The molecule has 104 valence electrons. The minimum atomic E-state index is 0.0700. The monoisotopic (exact) mass is 326 g/mol. The number of benzene rings is 2. The van der Waals surface area contributed by atoms with Crippen molar-refractivity contribution in [2.24, 2.45) is 5.73 Å². The molecule has 0 radical (unpaired) electrons. The number of thioether (sulfide) groups is 1. The van der Waals surface area contributed by atoms with Gasteiger partial charge in [0.15, 0.2) is 5.17 Å². The molecular formula is C14H12Cl2N2OS. The lowest BCUT2D eigenvalue weighted by molar-refractivity contribution is 0.479. The Morgan fingerprint density at radius 3 is 2.55 bits per heavy atom. The zero-order chi connectivity index (χ0) is 14.5. The van der Waals surface area contributed by atoms with Crippen LogP contribution < -0.4 is 10.5 Å². The molecule has 0 aliphatic carbocycles. The zero-order valence-electron chi connectivity index (χ0n) is 10.4. The van der Waals surface area contributed by atoms with Crippen molar-refractivity contribution in [3.63, 3.8) is 0 Å². The molecule has 0 bridgehead atoms. The van der Waals surface area contributed by atoms with E-state index in [2.05, 4.69) is 0 Å². The number of amidine groups is 1. The summed E-state index contributed by atoms with van der Waals surface area (Å²) in [5.74, 6) is 1.73. The molecule has 0 amide bonds. The second kappa shape index (κ2) is 6.88. The average Bonchev–Trinajstić information content (AvgIpc) is 2.43. The lowest BCUT2D eigenvalue weighted by Gasteiger charge is -2.12. The normalized spacial score (nSPS) is 10.3. The highest BCUT2D eigenvalue weighted by Crippen LogP contribution is 2.36. The van der Waals surface area contributed by atoms with Crippen LogP contribution in [-0.4, -0.2) is 5.17 Å². The molecule has 0 saturated carbocycles. The van der Waals surface area contributed by atoms with E-state index >= 15 is 0 Å². The number of hydrogen-bond acceptors (Lipinski definition) is 3. The number of nitrogens with two attached hydrogens (primary N) is 1. The molecule has 2 aromatic rings. The van der Waals surface area contributed by atoms with Crippen molar-refractivity contribution in [1.29, 1.82) is 5.41 Å². The molecule has 3 N–H and O–H groups in total. The molecular weight excluding hydrogens is 315 g/mol. The quantitative estimate of drug-likeness (QED) is 0.619. The van der Waals surface area contributed by atoms with E-state index < -0.39 is 0 Å². The van der Waals surface area contributed by atoms with Gasteiger partial charge in [0, 0.05) is 11.3 Å². The predicted molar refractivity (Wildman–Crippen MR) is 86.2 cm³/mol. The average molecular weight is 327 g/mol. The summed E-state index contributed by atoms with van der Waals surface area (Å²) >= 11 is 13.3. The maximum Gasteiger partial charge on any atom is 0.151 e. The van der Waals surface area contributed by atoms with E-state index in [0.717, 1.165) is 5.56 Å². The fraction of sp³-hybridized carbons (Fsp3) is 0.0714. The number of rotatable bonds is 4. The molecule has 0 spiro atoms. The Labute approximate surface area is 131 Å². The van der Waals surface area contributed by atoms with E-state index in [1.54, 1.807) is 18.2 Å². The van der Waals surface area contributed by atoms with Crippen molar-refractivity contribution in [3.05, 3.63) is 58.1 Å². The summed E-state index contributed by atoms with van der Waals surface area (Å²) in [5, 5.41) is 8.15. The first kappa shape index (κ1) is 15.0. The molecule has 2 rings (SSSR count). The first-order valence-electron chi connectivity index (χ1n) is 5.74. The van der Waals surface area contributed by atoms with Gasteiger partial charge in [0.25, 0.3) is 0 Å². The van der Waals surface area contributed by atoms with Gasteiger partial charge < -0.3 is 10.5 Å². The van der Waals surface area contributed by atoms with Crippen LogP contribution >= 0.6 is 35.0 Å². The van der Waals surface area contributed by atoms with Crippen LogP contribution in [0.1, 0.15) is 5.56 Å². The van der Waals surface area contributed by atoms with E-state index in [0.29, 0.717) is 27.3 Å². The van der Waals surface area contributed by atoms with Crippen LogP contribution in [0.2, 0.25) is 10.0 Å². The lowest BCUT2D eigenvalue weighted by Crippen LogP contribution is -2.04. The van der Waals surface area contributed by atoms with E-state index in [4.69, 9.17) is 39.1 Å². The van der Waals surface area contributed by atoms with Crippen LogP contribution in [0, 0.1) is 5.41 Å². The number of ether oxygens (including phenoxy) is 1. The summed E-state index contributed by atoms with van der Waals surface area (Å²) in [6, 6.07) is 12.8. The Balaban J connectivity index is 2.24. The van der Waals surface area contributed by atoms with Crippen molar-refractivity contribution >= 4 is 40.1 Å². The van der Waals surface area contributed by atoms with Gasteiger partial charge in [-0.05, 0) is 18.2 Å². The number of halogens is 2. The standard InChI is InChI=1S/C14H12Cl2N2OS/c15-10-5-3-7-12(13(10)16)19-11-6-2-1-4-9(11)8-20-14(17)18/h1-7H,8H2,(H3,17,18). The topological polar surface area (TPSA) is 59.1 Å². The maximum absolute atomic E-state index is 7.26. The molecule has 2 aromatic carbocycles. The largest absolute Gasteiger partial charge is 0.455 e. The molecule has 0 unspecified atom stereocenters. The molecule has 0 fully saturated rings. The summed E-state index contributed by atoms with van der Waals surface area (Å²) in [4.78, 5) is 0. The summed E-state index contributed by atoms with van der Waals surface area (Å²) in [7, 11) is 0. The number of hydrogen-bond donors (Lipinski definition) is 2. The van der Waals surface area contributed by atoms with Crippen molar-refractivity contribution < 1.29 is 4.74 Å². The predicted octanol–water partition coefficient (Wildman–Crippen LogP) is 4.91. The van der Waals surface area contributed by atoms with E-state index in [-0.39, 0.29) is 5.17 Å². The minimum absolute atomic E-state index is 0.0700. The van der Waals surface area contributed by atoms with Crippen LogP contribution in [-0.2, 0) is 5.75 Å². The van der Waals surface area contributed by atoms with E-state index in [9.17, 15) is 0 Å². The zero-order valence-corrected chi connectivity index (χ0v) is 12.7. The third kappa shape index (κ3) is 3.82. The van der Waals surface area contributed by atoms with Crippen molar-refractivity contribution in [1.82, 2.24) is 0 Å². The Morgan fingerprint density at radius 2 is 1.80 bits per heavy atom. The maximum atomic E-state index is 7.26. The van der Waals surface area contributed by atoms with Crippen LogP contribution in [0.5, 0.6) is 11.5 Å². The highest BCUT2D eigenvalue weighted by molar-refractivity contribution is 8.13. The van der Waals surface area contributed by atoms with Crippen molar-refractivity contribution in [2.75, 3.05) is 0 Å². The van der Waals surface area contributed by atoms with Crippen LogP contribution in [0.3, 0.4) is 0 Å². The second-order valence-electron chi connectivity index (χ2n) is 3.91. The highest BCUT2D eigenvalue weighted by atomic mass is 35.5. The molecule has 6 heteroatoms. The fourth-order valence-corrected chi connectivity index (χ4v) is 2.44. The summed E-state index contributed by atoms with van der Waals surface area (Å²) < 4.78 is 5.81. The van der Waals surface area contributed by atoms with Gasteiger partial charge in [-0.3, -0.25) is 5.41 Å². The summed E-state index contributed by atoms with van der Waals surface area (Å²) in [6.07, 6.45) is 0. The van der Waals surface area contributed by atoms with Crippen LogP contribution in [0.4, 0.5) is 0 Å². The first-order valence-corrected chi connectivity index (χ1v) is 7.48. The first-order chi connectivity index (χ1) is 9.58. The SMILES string of the molecule is N=C(N)SCc1ccccc1Oc1cccc(Cl)c1Cl. The Kier molecular flexibility index (Phi) is 5.17. The van der Waals surface area contributed by atoms with Gasteiger partial charge in [-0.25, -0.2) is 0 Å². The van der Waals surface area contributed by atoms with Crippen molar-refractivity contribution in [3.8, 4) is 11.5 Å². The lowest BCUT2D eigenvalue weighted by atomic mass is 10.2. The van der Waals surface area contributed by atoms with Crippen LogP contribution in [0.15, 0.2) is 42.5 Å². The second-order valence-corrected chi connectivity index (χ2v) is 5.72. The smallest absolute Gasteiger partial charge is 0.151 e. The van der Waals surface area contributed by atoms with E-state index in [1.807, 2.05) is 24.3 Å². The third-order valence-corrected chi connectivity index (χ3v) is 4.06. The van der Waals surface area contributed by atoms with Gasteiger partial charge in [-0.1, -0.05) is 59.2 Å². The molecule has 3 nitrogen and oxygen atoms in total. The Hall–Kier alpha value is -1.36. The van der Waals surface area contributed by atoms with E-state index in [1.165, 1.54) is 11.8 Å². The number of para-hydroxylation sites is 1. The molecule has 0 saturated heterocycles. The van der Waals surface area contributed by atoms with Gasteiger partial charge in [0.05, 0.1) is 5.02 Å². The Morgan fingerprint density at radius 1 is 1.10 bits per heavy atom. The van der Waals surface area contributed by atoms with Gasteiger partial charge in [0.2, 0.25) is 0 Å². The molecule has 0 aliphatic heterocycles. The van der Waals surface area contributed by atoms with Crippen molar-refractivity contribution in [2.45, 2.75) is 5.75 Å².